The zero-order valence-electron chi connectivity index (χ0n) is 10.7. The van der Waals surface area contributed by atoms with Crippen molar-refractivity contribution in [3.63, 3.8) is 0 Å². The molecule has 0 aliphatic carbocycles. The maximum atomic E-state index is 11.1. The average molecular weight is 300 g/mol. The molecule has 0 aliphatic heterocycles. The van der Waals surface area contributed by atoms with Crippen LogP contribution in [0.5, 0.6) is 0 Å². The molecule has 1 heterocycles. The summed E-state index contributed by atoms with van der Waals surface area (Å²) in [6.45, 7) is 3.75. The number of halogens is 2. The highest BCUT2D eigenvalue weighted by molar-refractivity contribution is 6.35. The average Bonchev–Trinajstić information content (AvgIpc) is 2.69. The summed E-state index contributed by atoms with van der Waals surface area (Å²) in [6.07, 6.45) is 0.231. The first-order chi connectivity index (χ1) is 8.91. The predicted molar refractivity (Wildman–Crippen MR) is 77.5 cm³/mol. The van der Waals surface area contributed by atoms with Crippen LogP contribution in [0.15, 0.2) is 18.2 Å². The molecule has 1 amide bonds. The number of fused-ring (bicyclic) bond motifs is 1. The lowest BCUT2D eigenvalue weighted by atomic mass is 10.2. The molecule has 0 bridgehead atoms. The number of carbonyl (C=O) groups excluding carboxylic acids is 1. The number of primary amides is 1. The fraction of sp³-hybridized carbons (Fsp3) is 0.385. The van der Waals surface area contributed by atoms with Crippen molar-refractivity contribution in [2.24, 2.45) is 5.73 Å². The molecule has 2 N–H and O–H groups in total. The van der Waals surface area contributed by atoms with Gasteiger partial charge in [-0.3, -0.25) is 4.79 Å². The van der Waals surface area contributed by atoms with E-state index in [2.05, 4.69) is 4.98 Å². The molecule has 1 aromatic heterocycles. The van der Waals surface area contributed by atoms with Gasteiger partial charge in [0.1, 0.15) is 11.3 Å². The van der Waals surface area contributed by atoms with E-state index >= 15 is 0 Å². The maximum Gasteiger partial charge on any atom is 0.219 e. The molecular formula is C13H15Cl2N3O. The normalized spacial score (nSPS) is 14.5. The topological polar surface area (TPSA) is 60.9 Å². The third-order valence-corrected chi connectivity index (χ3v) is 3.49. The van der Waals surface area contributed by atoms with E-state index in [1.807, 2.05) is 30.5 Å². The van der Waals surface area contributed by atoms with Crippen LogP contribution in [0.1, 0.15) is 37.5 Å². The molecule has 2 atom stereocenters. The maximum absolute atomic E-state index is 11.1. The standard InChI is InChI=1S/C13H15Cl2N3O/c1-7(6-11(16)19)18-10-5-3-4-9(15)12(10)17-13(18)8(2)14/h3-5,7-8H,6H2,1-2H3,(H2,16,19). The Balaban J connectivity index is 2.65. The number of aromatic nitrogens is 2. The van der Waals surface area contributed by atoms with Crippen molar-refractivity contribution in [1.29, 1.82) is 0 Å². The van der Waals surface area contributed by atoms with E-state index in [1.54, 1.807) is 6.07 Å². The van der Waals surface area contributed by atoms with Crippen molar-refractivity contribution in [2.75, 3.05) is 0 Å². The lowest BCUT2D eigenvalue weighted by molar-refractivity contribution is -0.118. The first-order valence-corrected chi connectivity index (χ1v) is 6.82. The molecule has 0 aliphatic rings. The van der Waals surface area contributed by atoms with Gasteiger partial charge in [-0.05, 0) is 26.0 Å². The van der Waals surface area contributed by atoms with Gasteiger partial charge in [0.05, 0.1) is 15.9 Å². The second-order valence-electron chi connectivity index (χ2n) is 4.58. The number of nitrogens with zero attached hydrogens (tertiary/aromatic N) is 2. The van der Waals surface area contributed by atoms with Crippen LogP contribution in [-0.2, 0) is 4.79 Å². The Morgan fingerprint density at radius 3 is 2.74 bits per heavy atom. The Labute approximate surface area is 121 Å². The molecule has 1 aromatic carbocycles. The van der Waals surface area contributed by atoms with Crippen LogP contribution in [0.2, 0.25) is 5.02 Å². The monoisotopic (exact) mass is 299 g/mol. The summed E-state index contributed by atoms with van der Waals surface area (Å²) >= 11 is 12.3. The summed E-state index contributed by atoms with van der Waals surface area (Å²) in [5.74, 6) is 0.336. The number of rotatable bonds is 4. The Kier molecular flexibility index (Phi) is 4.02. The van der Waals surface area contributed by atoms with Gasteiger partial charge in [0.25, 0.3) is 0 Å². The summed E-state index contributed by atoms with van der Waals surface area (Å²) in [7, 11) is 0. The largest absolute Gasteiger partial charge is 0.370 e. The van der Waals surface area contributed by atoms with Gasteiger partial charge in [0.15, 0.2) is 0 Å². The van der Waals surface area contributed by atoms with Gasteiger partial charge < -0.3 is 10.3 Å². The SMILES string of the molecule is CC(Cl)c1nc2c(Cl)cccc2n1C(C)CC(N)=O. The summed E-state index contributed by atoms with van der Waals surface area (Å²) in [6, 6.07) is 5.43. The van der Waals surface area contributed by atoms with Crippen LogP contribution < -0.4 is 5.73 Å². The summed E-state index contributed by atoms with van der Waals surface area (Å²) < 4.78 is 1.93. The van der Waals surface area contributed by atoms with Crippen molar-refractivity contribution in [2.45, 2.75) is 31.7 Å². The van der Waals surface area contributed by atoms with E-state index in [9.17, 15) is 4.79 Å². The van der Waals surface area contributed by atoms with E-state index in [0.717, 1.165) is 5.52 Å². The molecule has 0 spiro atoms. The fourth-order valence-corrected chi connectivity index (χ4v) is 2.59. The van der Waals surface area contributed by atoms with Gasteiger partial charge in [-0.2, -0.15) is 0 Å². The van der Waals surface area contributed by atoms with Crippen LogP contribution >= 0.6 is 23.2 Å². The second kappa shape index (κ2) is 5.39. The molecule has 2 aromatic rings. The van der Waals surface area contributed by atoms with Crippen LogP contribution in [0.4, 0.5) is 0 Å². The zero-order valence-corrected chi connectivity index (χ0v) is 12.2. The quantitative estimate of drug-likeness (QED) is 0.879. The first-order valence-electron chi connectivity index (χ1n) is 6.00. The van der Waals surface area contributed by atoms with Gasteiger partial charge >= 0.3 is 0 Å². The molecule has 2 unspecified atom stereocenters. The molecule has 6 heteroatoms. The van der Waals surface area contributed by atoms with Crippen molar-refractivity contribution < 1.29 is 4.79 Å². The first kappa shape index (κ1) is 14.2. The smallest absolute Gasteiger partial charge is 0.219 e. The summed E-state index contributed by atoms with van der Waals surface area (Å²) in [4.78, 5) is 15.6. The number of nitrogens with two attached hydrogens (primary N) is 1. The number of amides is 1. The minimum Gasteiger partial charge on any atom is -0.370 e. The third kappa shape index (κ3) is 2.69. The number of imidazole rings is 1. The van der Waals surface area contributed by atoms with E-state index in [4.69, 9.17) is 28.9 Å². The van der Waals surface area contributed by atoms with Gasteiger partial charge in [-0.15, -0.1) is 11.6 Å². The minimum absolute atomic E-state index is 0.114. The molecule has 0 saturated carbocycles. The molecule has 0 fully saturated rings. The Hall–Kier alpha value is -1.26. The number of alkyl halides is 1. The van der Waals surface area contributed by atoms with Crippen molar-refractivity contribution in [3.8, 4) is 0 Å². The zero-order chi connectivity index (χ0) is 14.2. The van der Waals surface area contributed by atoms with Gasteiger partial charge in [-0.1, -0.05) is 17.7 Å². The van der Waals surface area contributed by atoms with Crippen molar-refractivity contribution in [3.05, 3.63) is 29.0 Å². The number of carbonyl (C=O) groups is 1. The number of para-hydroxylation sites is 1. The van der Waals surface area contributed by atoms with Gasteiger partial charge in [-0.25, -0.2) is 4.98 Å². The van der Waals surface area contributed by atoms with Crippen LogP contribution in [0, 0.1) is 0 Å². The highest BCUT2D eigenvalue weighted by atomic mass is 35.5. The van der Waals surface area contributed by atoms with E-state index in [-0.39, 0.29) is 23.7 Å². The predicted octanol–water partition coefficient (Wildman–Crippen LogP) is 3.43. The van der Waals surface area contributed by atoms with E-state index < -0.39 is 0 Å². The summed E-state index contributed by atoms with van der Waals surface area (Å²) in [5.41, 5.74) is 6.83. The van der Waals surface area contributed by atoms with Gasteiger partial charge in [0.2, 0.25) is 5.91 Å². The van der Waals surface area contributed by atoms with Crippen molar-refractivity contribution >= 4 is 40.1 Å². The lowest BCUT2D eigenvalue weighted by Crippen LogP contribution is -2.19. The van der Waals surface area contributed by atoms with Crippen molar-refractivity contribution in [1.82, 2.24) is 9.55 Å². The molecule has 2 rings (SSSR count). The Morgan fingerprint density at radius 1 is 1.47 bits per heavy atom. The van der Waals surface area contributed by atoms with E-state index in [0.29, 0.717) is 16.4 Å². The molecule has 0 radical (unpaired) electrons. The lowest BCUT2D eigenvalue weighted by Gasteiger charge is -2.17. The number of hydrogen-bond acceptors (Lipinski definition) is 2. The Bertz CT molecular complexity index is 622. The molecule has 0 saturated heterocycles. The molecular weight excluding hydrogens is 285 g/mol. The van der Waals surface area contributed by atoms with Gasteiger partial charge in [0, 0.05) is 12.5 Å². The Morgan fingerprint density at radius 2 is 2.16 bits per heavy atom. The van der Waals surface area contributed by atoms with Crippen LogP contribution in [0.25, 0.3) is 11.0 Å². The summed E-state index contributed by atoms with van der Waals surface area (Å²) in [5, 5.41) is 0.292. The molecule has 19 heavy (non-hydrogen) atoms. The fourth-order valence-electron chi connectivity index (χ4n) is 2.23. The number of benzene rings is 1. The second-order valence-corrected chi connectivity index (χ2v) is 5.64. The van der Waals surface area contributed by atoms with E-state index in [1.165, 1.54) is 0 Å². The molecule has 102 valence electrons. The minimum atomic E-state index is -0.357. The molecule has 4 nitrogen and oxygen atoms in total. The third-order valence-electron chi connectivity index (χ3n) is 2.99. The highest BCUT2D eigenvalue weighted by Crippen LogP contribution is 2.32. The highest BCUT2D eigenvalue weighted by Gasteiger charge is 2.21. The van der Waals surface area contributed by atoms with Crippen LogP contribution in [0.3, 0.4) is 0 Å². The number of hydrogen-bond donors (Lipinski definition) is 1. The van der Waals surface area contributed by atoms with Crippen LogP contribution in [-0.4, -0.2) is 15.5 Å².